The molecule has 6 heteroatoms. The van der Waals surface area contributed by atoms with Gasteiger partial charge in [0.05, 0.1) is 24.8 Å². The monoisotopic (exact) mass is 513 g/mol. The third-order valence-electron chi connectivity index (χ3n) is 6.19. The summed E-state index contributed by atoms with van der Waals surface area (Å²) in [6.45, 7) is 11.3. The lowest BCUT2D eigenvalue weighted by Gasteiger charge is -2.26. The van der Waals surface area contributed by atoms with Crippen LogP contribution in [0.25, 0.3) is 5.76 Å². The molecule has 0 aliphatic carbocycles. The number of hydrogen-bond donors (Lipinski definition) is 1. The van der Waals surface area contributed by atoms with Crippen molar-refractivity contribution in [3.05, 3.63) is 95.1 Å². The number of anilines is 1. The van der Waals surface area contributed by atoms with Crippen LogP contribution >= 0.6 is 0 Å². The lowest BCUT2D eigenvalue weighted by Crippen LogP contribution is -2.29. The van der Waals surface area contributed by atoms with Crippen LogP contribution in [-0.2, 0) is 9.59 Å². The smallest absolute Gasteiger partial charge is 0.300 e. The van der Waals surface area contributed by atoms with E-state index in [1.165, 1.54) is 4.90 Å². The Morgan fingerprint density at radius 1 is 0.842 bits per heavy atom. The minimum atomic E-state index is -0.823. The maximum atomic E-state index is 13.5. The first-order chi connectivity index (χ1) is 18.2. The number of benzene rings is 3. The molecule has 1 unspecified atom stereocenters. The predicted molar refractivity (Wildman–Crippen MR) is 150 cm³/mol. The number of amides is 1. The average molecular weight is 514 g/mol. The van der Waals surface area contributed by atoms with Crippen LogP contribution in [0.4, 0.5) is 5.69 Å². The maximum Gasteiger partial charge on any atom is 0.300 e. The van der Waals surface area contributed by atoms with E-state index in [4.69, 9.17) is 9.47 Å². The largest absolute Gasteiger partial charge is 0.507 e. The molecule has 0 saturated carbocycles. The summed E-state index contributed by atoms with van der Waals surface area (Å²) in [7, 11) is 0. The summed E-state index contributed by atoms with van der Waals surface area (Å²) in [5.41, 5.74) is 2.68. The van der Waals surface area contributed by atoms with Gasteiger partial charge in [0, 0.05) is 11.3 Å². The number of aliphatic hydroxyl groups is 1. The molecule has 4 rings (SSSR count). The summed E-state index contributed by atoms with van der Waals surface area (Å²) in [5, 5.41) is 11.4. The zero-order valence-corrected chi connectivity index (χ0v) is 22.6. The number of ketones is 1. The summed E-state index contributed by atoms with van der Waals surface area (Å²) in [6, 6.07) is 20.9. The fourth-order valence-electron chi connectivity index (χ4n) is 4.36. The third-order valence-corrected chi connectivity index (χ3v) is 6.19. The Labute approximate surface area is 224 Å². The quantitative estimate of drug-likeness (QED) is 0.196. The molecule has 1 saturated heterocycles. The van der Waals surface area contributed by atoms with Gasteiger partial charge in [0.25, 0.3) is 11.7 Å². The molecule has 3 aromatic carbocycles. The molecule has 1 amide bonds. The van der Waals surface area contributed by atoms with E-state index in [1.54, 1.807) is 30.3 Å². The first-order valence-corrected chi connectivity index (χ1v) is 13.0. The number of hydrogen-bond acceptors (Lipinski definition) is 5. The fourth-order valence-corrected chi connectivity index (χ4v) is 4.36. The second-order valence-electron chi connectivity index (χ2n) is 10.5. The highest BCUT2D eigenvalue weighted by molar-refractivity contribution is 6.51. The number of Topliss-reactive ketones (excluding diaryl/α,β-unsaturated/α-hetero) is 1. The highest BCUT2D eigenvalue weighted by atomic mass is 16.5. The van der Waals surface area contributed by atoms with Gasteiger partial charge in [0.15, 0.2) is 0 Å². The van der Waals surface area contributed by atoms with Crippen molar-refractivity contribution in [2.45, 2.75) is 40.7 Å². The van der Waals surface area contributed by atoms with Gasteiger partial charge in [-0.3, -0.25) is 14.5 Å². The lowest BCUT2D eigenvalue weighted by atomic mass is 9.95. The van der Waals surface area contributed by atoms with Crippen molar-refractivity contribution in [3.63, 3.8) is 0 Å². The molecule has 1 N–H and O–H groups in total. The Morgan fingerprint density at radius 3 is 2.11 bits per heavy atom. The van der Waals surface area contributed by atoms with Crippen molar-refractivity contribution in [1.82, 2.24) is 0 Å². The van der Waals surface area contributed by atoms with Gasteiger partial charge >= 0.3 is 0 Å². The van der Waals surface area contributed by atoms with Crippen molar-refractivity contribution in [3.8, 4) is 11.5 Å². The number of nitrogens with zero attached hydrogens (tertiary/aromatic N) is 1. The van der Waals surface area contributed by atoms with E-state index in [-0.39, 0.29) is 11.3 Å². The first-order valence-electron chi connectivity index (χ1n) is 13.0. The number of carbonyl (C=O) groups excluding carboxylic acids is 2. The Kier molecular flexibility index (Phi) is 8.20. The normalized spacial score (nSPS) is 16.9. The Morgan fingerprint density at radius 2 is 1.47 bits per heavy atom. The molecule has 6 nitrogen and oxygen atoms in total. The summed E-state index contributed by atoms with van der Waals surface area (Å²) < 4.78 is 11.7. The zero-order valence-electron chi connectivity index (χ0n) is 22.6. The van der Waals surface area contributed by atoms with Gasteiger partial charge in [-0.15, -0.1) is 0 Å². The van der Waals surface area contributed by atoms with Crippen molar-refractivity contribution in [2.75, 3.05) is 18.1 Å². The molecule has 0 radical (unpaired) electrons. The van der Waals surface area contributed by atoms with Crippen LogP contribution in [0.3, 0.4) is 0 Å². The fraction of sp³-hybridized carbons (Fsp3) is 0.312. The van der Waals surface area contributed by atoms with E-state index in [0.717, 1.165) is 5.56 Å². The summed E-state index contributed by atoms with van der Waals surface area (Å²) in [4.78, 5) is 28.3. The zero-order chi connectivity index (χ0) is 27.4. The standard InChI is InChI=1S/C32H35NO5/c1-20(2)18-37-26-14-12-23(13-15-26)30(34)28-29(24-9-7-11-27(17-24)38-19-21(3)4)33(32(36)31(28)35)25-10-6-8-22(5)16-25/h6-17,20-21,29,34H,18-19H2,1-5H3/b30-28+. The number of aliphatic hydroxyl groups excluding tert-OH is 1. The minimum absolute atomic E-state index is 0.0355. The van der Waals surface area contributed by atoms with E-state index in [2.05, 4.69) is 27.7 Å². The lowest BCUT2D eigenvalue weighted by molar-refractivity contribution is -0.132. The van der Waals surface area contributed by atoms with E-state index < -0.39 is 17.7 Å². The molecular formula is C32H35NO5. The van der Waals surface area contributed by atoms with Gasteiger partial charge in [-0.2, -0.15) is 0 Å². The highest BCUT2D eigenvalue weighted by Gasteiger charge is 2.47. The number of aryl methyl sites for hydroxylation is 1. The second-order valence-corrected chi connectivity index (χ2v) is 10.5. The first kappa shape index (κ1) is 27.0. The number of carbonyl (C=O) groups is 2. The summed E-state index contributed by atoms with van der Waals surface area (Å²) in [5.74, 6) is 0.368. The topological polar surface area (TPSA) is 76.1 Å². The SMILES string of the molecule is Cc1cccc(N2C(=O)C(=O)/C(=C(/O)c3ccc(OCC(C)C)cc3)C2c2cccc(OCC(C)C)c2)c1. The predicted octanol–water partition coefficient (Wildman–Crippen LogP) is 6.69. The van der Waals surface area contributed by atoms with Crippen LogP contribution in [-0.4, -0.2) is 30.0 Å². The van der Waals surface area contributed by atoms with Crippen molar-refractivity contribution in [1.29, 1.82) is 0 Å². The van der Waals surface area contributed by atoms with Crippen molar-refractivity contribution >= 4 is 23.1 Å². The van der Waals surface area contributed by atoms with Gasteiger partial charge in [-0.05, 0) is 78.4 Å². The molecule has 0 spiro atoms. The van der Waals surface area contributed by atoms with Crippen molar-refractivity contribution < 1.29 is 24.2 Å². The van der Waals surface area contributed by atoms with Gasteiger partial charge in [-0.1, -0.05) is 52.0 Å². The Balaban J connectivity index is 1.81. The molecule has 1 fully saturated rings. The molecule has 38 heavy (non-hydrogen) atoms. The number of ether oxygens (including phenoxy) is 2. The summed E-state index contributed by atoms with van der Waals surface area (Å²) in [6.07, 6.45) is 0. The Bertz CT molecular complexity index is 1340. The molecule has 198 valence electrons. The van der Waals surface area contributed by atoms with Crippen LogP contribution in [0.5, 0.6) is 11.5 Å². The van der Waals surface area contributed by atoms with E-state index in [0.29, 0.717) is 53.4 Å². The summed E-state index contributed by atoms with van der Waals surface area (Å²) >= 11 is 0. The molecule has 0 aromatic heterocycles. The van der Waals surface area contributed by atoms with Gasteiger partial charge in [0.1, 0.15) is 17.3 Å². The second kappa shape index (κ2) is 11.5. The molecule has 1 heterocycles. The maximum absolute atomic E-state index is 13.5. The van der Waals surface area contributed by atoms with Crippen molar-refractivity contribution in [2.24, 2.45) is 11.8 Å². The highest BCUT2D eigenvalue weighted by Crippen LogP contribution is 2.43. The van der Waals surface area contributed by atoms with Crippen LogP contribution in [0.15, 0.2) is 78.4 Å². The molecular weight excluding hydrogens is 478 g/mol. The molecule has 0 bridgehead atoms. The molecule has 1 aliphatic heterocycles. The Hall–Kier alpha value is -4.06. The van der Waals surface area contributed by atoms with Gasteiger partial charge in [-0.25, -0.2) is 0 Å². The van der Waals surface area contributed by atoms with E-state index in [9.17, 15) is 14.7 Å². The van der Waals surface area contributed by atoms with E-state index in [1.807, 2.05) is 49.4 Å². The van der Waals surface area contributed by atoms with Gasteiger partial charge < -0.3 is 14.6 Å². The number of rotatable bonds is 9. The van der Waals surface area contributed by atoms with Crippen LogP contribution in [0.2, 0.25) is 0 Å². The average Bonchev–Trinajstić information content (AvgIpc) is 3.16. The van der Waals surface area contributed by atoms with E-state index >= 15 is 0 Å². The van der Waals surface area contributed by atoms with Crippen LogP contribution in [0.1, 0.15) is 50.4 Å². The van der Waals surface area contributed by atoms with Crippen LogP contribution in [0, 0.1) is 18.8 Å². The van der Waals surface area contributed by atoms with Crippen LogP contribution < -0.4 is 14.4 Å². The minimum Gasteiger partial charge on any atom is -0.507 e. The van der Waals surface area contributed by atoms with Gasteiger partial charge in [0.2, 0.25) is 0 Å². The molecule has 3 aromatic rings. The molecule has 1 atom stereocenters. The third kappa shape index (κ3) is 5.91. The molecule has 1 aliphatic rings.